The minimum atomic E-state index is -0.564. The Labute approximate surface area is 198 Å². The van der Waals surface area contributed by atoms with Gasteiger partial charge in [-0.2, -0.15) is 5.26 Å². The summed E-state index contributed by atoms with van der Waals surface area (Å²) >= 11 is 6.21. The Hall–Kier alpha value is -3.56. The number of carbonyl (C=O) groups excluding carboxylic acids is 2. The van der Waals surface area contributed by atoms with Crippen LogP contribution in [0, 0.1) is 11.3 Å². The predicted octanol–water partition coefficient (Wildman–Crippen LogP) is 5.32. The van der Waals surface area contributed by atoms with Gasteiger partial charge in [-0.3, -0.25) is 14.5 Å². The molecule has 2 aromatic carbocycles. The van der Waals surface area contributed by atoms with Crippen molar-refractivity contribution >= 4 is 29.5 Å². The molecule has 0 fully saturated rings. The SMILES string of the molecule is CCOc1cc(/C=C2/C(=O)N(C(C)C)C(=O)C(C#N)=C2C)ccc1OCc1ccccc1Cl. The number of hydrogen-bond donors (Lipinski definition) is 0. The summed E-state index contributed by atoms with van der Waals surface area (Å²) in [6.45, 7) is 7.66. The molecule has 0 radical (unpaired) electrons. The minimum Gasteiger partial charge on any atom is -0.490 e. The van der Waals surface area contributed by atoms with E-state index < -0.39 is 11.8 Å². The van der Waals surface area contributed by atoms with Gasteiger partial charge in [0.05, 0.1) is 6.61 Å². The lowest BCUT2D eigenvalue weighted by Crippen LogP contribution is -2.46. The number of hydrogen-bond acceptors (Lipinski definition) is 5. The Kier molecular flexibility index (Phi) is 7.57. The highest BCUT2D eigenvalue weighted by atomic mass is 35.5. The topological polar surface area (TPSA) is 79.6 Å². The maximum atomic E-state index is 13.0. The van der Waals surface area contributed by atoms with Gasteiger partial charge in [0.1, 0.15) is 18.2 Å². The second-order valence-electron chi connectivity index (χ2n) is 7.76. The van der Waals surface area contributed by atoms with Gasteiger partial charge in [0.2, 0.25) is 0 Å². The summed E-state index contributed by atoms with van der Waals surface area (Å²) in [5.41, 5.74) is 2.16. The van der Waals surface area contributed by atoms with Crippen molar-refractivity contribution in [1.82, 2.24) is 4.90 Å². The molecule has 2 aromatic rings. The first-order valence-electron chi connectivity index (χ1n) is 10.6. The molecule has 0 saturated carbocycles. The fourth-order valence-electron chi connectivity index (χ4n) is 3.51. The Morgan fingerprint density at radius 1 is 1.09 bits per heavy atom. The zero-order valence-electron chi connectivity index (χ0n) is 19.0. The normalized spacial score (nSPS) is 15.3. The molecule has 33 heavy (non-hydrogen) atoms. The fraction of sp³-hybridized carbons (Fsp3) is 0.269. The van der Waals surface area contributed by atoms with Gasteiger partial charge in [0, 0.05) is 22.2 Å². The van der Waals surface area contributed by atoms with E-state index in [1.165, 1.54) is 0 Å². The van der Waals surface area contributed by atoms with Gasteiger partial charge >= 0.3 is 0 Å². The summed E-state index contributed by atoms with van der Waals surface area (Å²) in [4.78, 5) is 26.7. The quantitative estimate of drug-likeness (QED) is 0.409. The molecule has 0 saturated heterocycles. The molecule has 1 aliphatic rings. The molecule has 1 heterocycles. The van der Waals surface area contributed by atoms with Crippen molar-refractivity contribution in [3.05, 3.63) is 75.3 Å². The van der Waals surface area contributed by atoms with Gasteiger partial charge < -0.3 is 9.47 Å². The Balaban J connectivity index is 1.97. The van der Waals surface area contributed by atoms with Gasteiger partial charge in [-0.25, -0.2) is 0 Å². The first kappa shape index (κ1) is 24.1. The molecule has 0 unspecified atom stereocenters. The average Bonchev–Trinajstić information content (AvgIpc) is 2.77. The third-order valence-corrected chi connectivity index (χ3v) is 5.58. The summed E-state index contributed by atoms with van der Waals surface area (Å²) < 4.78 is 11.7. The van der Waals surface area contributed by atoms with Gasteiger partial charge in [-0.15, -0.1) is 0 Å². The van der Waals surface area contributed by atoms with E-state index in [1.807, 2.05) is 31.2 Å². The number of benzene rings is 2. The molecule has 0 bridgehead atoms. The minimum absolute atomic E-state index is 0.0284. The largest absolute Gasteiger partial charge is 0.490 e. The number of rotatable bonds is 7. The van der Waals surface area contributed by atoms with E-state index in [4.69, 9.17) is 21.1 Å². The van der Waals surface area contributed by atoms with Crippen LogP contribution in [0.2, 0.25) is 5.02 Å². The van der Waals surface area contributed by atoms with E-state index in [1.54, 1.807) is 51.1 Å². The average molecular weight is 465 g/mol. The van der Waals surface area contributed by atoms with Crippen LogP contribution in [0.15, 0.2) is 59.2 Å². The summed E-state index contributed by atoms with van der Waals surface area (Å²) in [6.07, 6.45) is 1.66. The van der Waals surface area contributed by atoms with Crippen LogP contribution in [0.5, 0.6) is 11.5 Å². The van der Waals surface area contributed by atoms with Crippen LogP contribution in [0.25, 0.3) is 6.08 Å². The summed E-state index contributed by atoms with van der Waals surface area (Å²) in [5, 5.41) is 10.1. The molecule has 0 aromatic heterocycles. The zero-order chi connectivity index (χ0) is 24.1. The van der Waals surface area contributed by atoms with E-state index in [0.29, 0.717) is 39.8 Å². The number of amides is 2. The molecule has 0 aliphatic carbocycles. The van der Waals surface area contributed by atoms with Crippen molar-refractivity contribution < 1.29 is 19.1 Å². The molecular formula is C26H25ClN2O4. The second kappa shape index (κ2) is 10.4. The molecular weight excluding hydrogens is 440 g/mol. The lowest BCUT2D eigenvalue weighted by molar-refractivity contribution is -0.142. The highest BCUT2D eigenvalue weighted by molar-refractivity contribution is 6.31. The molecule has 0 spiro atoms. The molecule has 7 heteroatoms. The maximum absolute atomic E-state index is 13.0. The van der Waals surface area contributed by atoms with E-state index in [9.17, 15) is 14.9 Å². The van der Waals surface area contributed by atoms with Crippen LogP contribution in [-0.2, 0) is 16.2 Å². The van der Waals surface area contributed by atoms with Crippen LogP contribution >= 0.6 is 11.6 Å². The molecule has 0 N–H and O–H groups in total. The Morgan fingerprint density at radius 3 is 2.45 bits per heavy atom. The molecule has 170 valence electrons. The van der Waals surface area contributed by atoms with Crippen molar-refractivity contribution in [2.75, 3.05) is 6.61 Å². The number of nitriles is 1. The monoisotopic (exact) mass is 464 g/mol. The highest BCUT2D eigenvalue weighted by Gasteiger charge is 2.36. The van der Waals surface area contributed by atoms with Gasteiger partial charge in [-0.05, 0) is 63.1 Å². The van der Waals surface area contributed by atoms with Gasteiger partial charge in [0.15, 0.2) is 11.5 Å². The lowest BCUT2D eigenvalue weighted by atomic mass is 9.93. The van der Waals surface area contributed by atoms with E-state index in [-0.39, 0.29) is 18.2 Å². The lowest BCUT2D eigenvalue weighted by Gasteiger charge is -2.30. The third kappa shape index (κ3) is 5.10. The Morgan fingerprint density at radius 2 is 1.82 bits per heavy atom. The smallest absolute Gasteiger partial charge is 0.271 e. The maximum Gasteiger partial charge on any atom is 0.271 e. The highest BCUT2D eigenvalue weighted by Crippen LogP contribution is 2.33. The first-order chi connectivity index (χ1) is 15.8. The van der Waals surface area contributed by atoms with Crippen LogP contribution < -0.4 is 9.47 Å². The Bertz CT molecular complexity index is 1190. The van der Waals surface area contributed by atoms with Crippen LogP contribution in [0.3, 0.4) is 0 Å². The fourth-order valence-corrected chi connectivity index (χ4v) is 3.70. The zero-order valence-corrected chi connectivity index (χ0v) is 19.8. The molecule has 3 rings (SSSR count). The molecule has 0 atom stereocenters. The van der Waals surface area contributed by atoms with Crippen molar-refractivity contribution in [2.24, 2.45) is 0 Å². The van der Waals surface area contributed by atoms with Crippen molar-refractivity contribution in [1.29, 1.82) is 5.26 Å². The number of imide groups is 1. The molecule has 2 amide bonds. The van der Waals surface area contributed by atoms with Crippen LogP contribution in [-0.4, -0.2) is 29.4 Å². The second-order valence-corrected chi connectivity index (χ2v) is 8.17. The summed E-state index contributed by atoms with van der Waals surface area (Å²) in [7, 11) is 0. The van der Waals surface area contributed by atoms with Gasteiger partial charge in [0.25, 0.3) is 11.8 Å². The van der Waals surface area contributed by atoms with Crippen LogP contribution in [0.4, 0.5) is 0 Å². The van der Waals surface area contributed by atoms with E-state index >= 15 is 0 Å². The summed E-state index contributed by atoms with van der Waals surface area (Å²) in [5.74, 6) is 0.0629. The van der Waals surface area contributed by atoms with Gasteiger partial charge in [-0.1, -0.05) is 35.9 Å². The molecule has 1 aliphatic heterocycles. The number of halogens is 1. The molecule has 6 nitrogen and oxygen atoms in total. The first-order valence-corrected chi connectivity index (χ1v) is 11.0. The summed E-state index contributed by atoms with van der Waals surface area (Å²) in [6, 6.07) is 14.3. The van der Waals surface area contributed by atoms with E-state index in [2.05, 4.69) is 0 Å². The predicted molar refractivity (Wildman–Crippen MR) is 127 cm³/mol. The van der Waals surface area contributed by atoms with Crippen molar-refractivity contribution in [3.63, 3.8) is 0 Å². The van der Waals surface area contributed by atoms with Crippen LogP contribution in [0.1, 0.15) is 38.8 Å². The third-order valence-electron chi connectivity index (χ3n) is 5.21. The van der Waals surface area contributed by atoms with Crippen molar-refractivity contribution in [2.45, 2.75) is 40.3 Å². The van der Waals surface area contributed by atoms with Crippen molar-refractivity contribution in [3.8, 4) is 17.6 Å². The number of nitrogens with zero attached hydrogens (tertiary/aromatic N) is 2. The van der Waals surface area contributed by atoms with E-state index in [0.717, 1.165) is 10.5 Å². The standard InChI is InChI=1S/C26H25ClN2O4/c1-5-32-24-13-18(10-11-23(24)33-15-19-8-6-7-9-22(19)27)12-20-17(4)21(14-28)26(31)29(16(2)3)25(20)30/h6-13,16H,5,15H2,1-4H3/b20-12+. The number of carbonyl (C=O) groups is 2. The number of ether oxygens (including phenoxy) is 2.